The van der Waals surface area contributed by atoms with Gasteiger partial charge in [0.1, 0.15) is 22.2 Å². The number of aromatic carboxylic acids is 1. The SMILES string of the molecule is O=C(CN1C(=O)/C(=C\c2ccccc2Cl)SC1=S)Nc1ccc(O)c(C(=O)O)c1. The van der Waals surface area contributed by atoms with E-state index in [1.165, 1.54) is 6.07 Å². The van der Waals surface area contributed by atoms with E-state index in [1.54, 1.807) is 30.3 Å². The number of carbonyl (C=O) groups is 3. The minimum atomic E-state index is -1.33. The van der Waals surface area contributed by atoms with Crippen LogP contribution in [0.3, 0.4) is 0 Å². The molecule has 0 radical (unpaired) electrons. The third kappa shape index (κ3) is 4.76. The quantitative estimate of drug-likeness (QED) is 0.364. The lowest BCUT2D eigenvalue weighted by molar-refractivity contribution is -0.126. The van der Waals surface area contributed by atoms with Crippen LogP contribution in [0, 0.1) is 0 Å². The van der Waals surface area contributed by atoms with Gasteiger partial charge in [-0.2, -0.15) is 0 Å². The molecule has 10 heteroatoms. The number of aromatic hydroxyl groups is 1. The lowest BCUT2D eigenvalue weighted by Crippen LogP contribution is -2.36. The van der Waals surface area contributed by atoms with Gasteiger partial charge in [0.25, 0.3) is 5.91 Å². The van der Waals surface area contributed by atoms with Gasteiger partial charge < -0.3 is 15.5 Å². The van der Waals surface area contributed by atoms with Crippen LogP contribution in [0.5, 0.6) is 5.75 Å². The van der Waals surface area contributed by atoms with Crippen LogP contribution in [0.1, 0.15) is 15.9 Å². The third-order valence-electron chi connectivity index (χ3n) is 3.88. The molecule has 3 N–H and O–H groups in total. The second-order valence-electron chi connectivity index (χ2n) is 5.87. The predicted molar refractivity (Wildman–Crippen MR) is 115 cm³/mol. The summed E-state index contributed by atoms with van der Waals surface area (Å²) in [6.07, 6.45) is 1.61. The molecule has 7 nitrogen and oxygen atoms in total. The van der Waals surface area contributed by atoms with Crippen molar-refractivity contribution < 1.29 is 24.6 Å². The predicted octanol–water partition coefficient (Wildman–Crippen LogP) is 3.58. The lowest BCUT2D eigenvalue weighted by Gasteiger charge is -2.14. The Hall–Kier alpha value is -2.88. The fourth-order valence-corrected chi connectivity index (χ4v) is 3.94. The second kappa shape index (κ2) is 8.64. The molecule has 1 heterocycles. The van der Waals surface area contributed by atoms with Gasteiger partial charge in [0.2, 0.25) is 5.91 Å². The van der Waals surface area contributed by atoms with E-state index >= 15 is 0 Å². The van der Waals surface area contributed by atoms with E-state index in [4.69, 9.17) is 28.9 Å². The molecule has 148 valence electrons. The summed E-state index contributed by atoms with van der Waals surface area (Å²) in [7, 11) is 0. The van der Waals surface area contributed by atoms with Gasteiger partial charge in [0.05, 0.1) is 4.91 Å². The maximum Gasteiger partial charge on any atom is 0.339 e. The molecule has 0 saturated carbocycles. The van der Waals surface area contributed by atoms with Gasteiger partial charge in [-0.1, -0.05) is 53.8 Å². The summed E-state index contributed by atoms with van der Waals surface area (Å²) in [5.74, 6) is -2.74. The number of nitrogens with zero attached hydrogens (tertiary/aromatic N) is 1. The van der Waals surface area contributed by atoms with Crippen molar-refractivity contribution in [3.05, 3.63) is 63.5 Å². The average Bonchev–Trinajstić information content (AvgIpc) is 2.92. The molecule has 2 aromatic carbocycles. The number of rotatable bonds is 5. The number of carbonyl (C=O) groups excluding carboxylic acids is 2. The second-order valence-corrected chi connectivity index (χ2v) is 7.96. The number of nitrogens with one attached hydrogen (secondary N) is 1. The van der Waals surface area contributed by atoms with Crippen molar-refractivity contribution in [3.63, 3.8) is 0 Å². The molecule has 0 aromatic heterocycles. The number of amides is 2. The molecule has 0 atom stereocenters. The number of thioether (sulfide) groups is 1. The molecular weight excluding hydrogens is 436 g/mol. The molecule has 29 heavy (non-hydrogen) atoms. The van der Waals surface area contributed by atoms with Crippen LogP contribution < -0.4 is 5.32 Å². The smallest absolute Gasteiger partial charge is 0.339 e. The van der Waals surface area contributed by atoms with E-state index in [-0.39, 0.29) is 22.1 Å². The number of hydrogen-bond acceptors (Lipinski definition) is 6. The first-order valence-electron chi connectivity index (χ1n) is 8.12. The molecule has 0 bridgehead atoms. The summed E-state index contributed by atoms with van der Waals surface area (Å²) >= 11 is 12.4. The summed E-state index contributed by atoms with van der Waals surface area (Å²) < 4.78 is 0.223. The number of thiocarbonyl (C=S) groups is 1. The van der Waals surface area contributed by atoms with Crippen molar-refractivity contribution in [2.24, 2.45) is 0 Å². The highest BCUT2D eigenvalue weighted by atomic mass is 35.5. The fraction of sp³-hybridized carbons (Fsp3) is 0.0526. The third-order valence-corrected chi connectivity index (χ3v) is 5.60. The number of carboxylic acid groups (broad SMARTS) is 1. The highest BCUT2D eigenvalue weighted by molar-refractivity contribution is 8.26. The van der Waals surface area contributed by atoms with Gasteiger partial charge in [0.15, 0.2) is 0 Å². The Labute approximate surface area is 180 Å². The van der Waals surface area contributed by atoms with Crippen LogP contribution in [-0.4, -0.2) is 43.8 Å². The molecule has 0 unspecified atom stereocenters. The van der Waals surface area contributed by atoms with Crippen LogP contribution >= 0.6 is 35.6 Å². The average molecular weight is 449 g/mol. The minimum Gasteiger partial charge on any atom is -0.507 e. The van der Waals surface area contributed by atoms with Crippen molar-refractivity contribution >= 4 is 69.4 Å². The lowest BCUT2D eigenvalue weighted by atomic mass is 10.2. The molecule has 1 aliphatic heterocycles. The largest absolute Gasteiger partial charge is 0.507 e. The van der Waals surface area contributed by atoms with Crippen LogP contribution in [-0.2, 0) is 9.59 Å². The van der Waals surface area contributed by atoms with E-state index < -0.39 is 23.5 Å². The maximum absolute atomic E-state index is 12.6. The number of anilines is 1. The summed E-state index contributed by atoms with van der Waals surface area (Å²) in [5.41, 5.74) is 0.475. The summed E-state index contributed by atoms with van der Waals surface area (Å²) in [4.78, 5) is 37.5. The normalized spacial score (nSPS) is 15.1. The molecule has 0 aliphatic carbocycles. The van der Waals surface area contributed by atoms with Gasteiger partial charge in [0, 0.05) is 10.7 Å². The van der Waals surface area contributed by atoms with Gasteiger partial charge in [-0.05, 0) is 35.9 Å². The van der Waals surface area contributed by atoms with E-state index in [9.17, 15) is 19.5 Å². The zero-order chi connectivity index (χ0) is 21.1. The van der Waals surface area contributed by atoms with Crippen LogP contribution in [0.2, 0.25) is 5.02 Å². The molecule has 2 amide bonds. The first kappa shape index (κ1) is 20.8. The maximum atomic E-state index is 12.6. The fourth-order valence-electron chi connectivity index (χ4n) is 2.50. The number of carboxylic acids is 1. The van der Waals surface area contributed by atoms with Gasteiger partial charge >= 0.3 is 5.97 Å². The Morgan fingerprint density at radius 1 is 1.24 bits per heavy atom. The van der Waals surface area contributed by atoms with Crippen LogP contribution in [0.15, 0.2) is 47.4 Å². The van der Waals surface area contributed by atoms with Gasteiger partial charge in [-0.25, -0.2) is 4.79 Å². The Morgan fingerprint density at radius 2 is 1.97 bits per heavy atom. The Kier molecular flexibility index (Phi) is 6.21. The summed E-state index contributed by atoms with van der Waals surface area (Å²) in [6.45, 7) is -0.339. The van der Waals surface area contributed by atoms with E-state index in [0.717, 1.165) is 28.8 Å². The van der Waals surface area contributed by atoms with E-state index in [1.807, 2.05) is 0 Å². The van der Waals surface area contributed by atoms with Crippen molar-refractivity contribution in [2.75, 3.05) is 11.9 Å². The molecule has 2 aromatic rings. The molecular formula is C19H13ClN2O5S2. The zero-order valence-electron chi connectivity index (χ0n) is 14.6. The minimum absolute atomic E-state index is 0.169. The molecule has 1 saturated heterocycles. The van der Waals surface area contributed by atoms with Gasteiger partial charge in [-0.3, -0.25) is 14.5 Å². The molecule has 1 aliphatic rings. The Balaban J connectivity index is 1.72. The van der Waals surface area contributed by atoms with E-state index in [2.05, 4.69) is 5.32 Å². The van der Waals surface area contributed by atoms with Crippen molar-refractivity contribution in [1.29, 1.82) is 0 Å². The highest BCUT2D eigenvalue weighted by Gasteiger charge is 2.33. The number of halogens is 1. The Bertz CT molecular complexity index is 1070. The summed E-state index contributed by atoms with van der Waals surface area (Å²) in [5, 5.41) is 21.5. The van der Waals surface area contributed by atoms with Crippen LogP contribution in [0.25, 0.3) is 6.08 Å². The first-order chi connectivity index (χ1) is 13.8. The Morgan fingerprint density at radius 3 is 2.66 bits per heavy atom. The number of hydrogen-bond donors (Lipinski definition) is 3. The number of phenols is 1. The number of benzene rings is 2. The van der Waals surface area contributed by atoms with Crippen molar-refractivity contribution in [2.45, 2.75) is 0 Å². The standard InChI is InChI=1S/C19H13ClN2O5S2/c20-13-4-2-1-3-10(13)7-15-17(25)22(19(28)29-15)9-16(24)21-11-5-6-14(23)12(8-11)18(26)27/h1-8,23H,9H2,(H,21,24)(H,26,27)/b15-7+. The topological polar surface area (TPSA) is 107 Å². The van der Waals surface area contributed by atoms with Gasteiger partial charge in [-0.15, -0.1) is 0 Å². The van der Waals surface area contributed by atoms with E-state index in [0.29, 0.717) is 15.5 Å². The highest BCUT2D eigenvalue weighted by Crippen LogP contribution is 2.33. The first-order valence-corrected chi connectivity index (χ1v) is 9.72. The van der Waals surface area contributed by atoms with Crippen LogP contribution in [0.4, 0.5) is 5.69 Å². The molecule has 0 spiro atoms. The van der Waals surface area contributed by atoms with Crippen molar-refractivity contribution in [1.82, 2.24) is 4.90 Å². The zero-order valence-corrected chi connectivity index (χ0v) is 17.0. The van der Waals surface area contributed by atoms with Crippen molar-refractivity contribution in [3.8, 4) is 5.75 Å². The molecule has 1 fully saturated rings. The summed E-state index contributed by atoms with van der Waals surface area (Å²) in [6, 6.07) is 10.6. The monoisotopic (exact) mass is 448 g/mol. The molecule has 3 rings (SSSR count).